The summed E-state index contributed by atoms with van der Waals surface area (Å²) in [6.07, 6.45) is 2.01. The van der Waals surface area contributed by atoms with Crippen LogP contribution in [0.25, 0.3) is 0 Å². The van der Waals surface area contributed by atoms with Crippen LogP contribution in [0.15, 0.2) is 30.3 Å². The number of amides is 1. The van der Waals surface area contributed by atoms with E-state index in [9.17, 15) is 4.79 Å². The minimum absolute atomic E-state index is 0.0495. The van der Waals surface area contributed by atoms with Gasteiger partial charge in [-0.1, -0.05) is 37.3 Å². The number of hydrogen-bond acceptors (Lipinski definition) is 1. The highest BCUT2D eigenvalue weighted by Crippen LogP contribution is 2.67. The lowest BCUT2D eigenvalue weighted by Crippen LogP contribution is -2.39. The largest absolute Gasteiger partial charge is 0.343 e. The highest BCUT2D eigenvalue weighted by Gasteiger charge is 2.68. The van der Waals surface area contributed by atoms with Crippen LogP contribution in [0, 0.1) is 5.41 Å². The molecule has 2 nitrogen and oxygen atoms in total. The molecule has 0 aliphatic heterocycles. The molecule has 2 rings (SSSR count). The van der Waals surface area contributed by atoms with Gasteiger partial charge in [-0.2, -0.15) is 0 Å². The summed E-state index contributed by atoms with van der Waals surface area (Å²) in [5.41, 5.74) is 1.16. The Kier molecular flexibility index (Phi) is 3.71. The van der Waals surface area contributed by atoms with E-state index in [4.69, 9.17) is 0 Å². The maximum Gasteiger partial charge on any atom is 0.229 e. The van der Waals surface area contributed by atoms with Crippen molar-refractivity contribution in [1.29, 1.82) is 0 Å². The Balaban J connectivity index is 2.31. The van der Waals surface area contributed by atoms with Crippen molar-refractivity contribution in [3.63, 3.8) is 0 Å². The molecule has 0 heterocycles. The van der Waals surface area contributed by atoms with E-state index in [0.717, 1.165) is 25.9 Å². The Morgan fingerprint density at radius 3 is 2.21 bits per heavy atom. The fourth-order valence-electron chi connectivity index (χ4n) is 3.60. The Hall–Kier alpha value is -1.31. The standard InChI is InChI=1S/C17H25NO/c1-5-17(14-11-9-8-10-12-14)13-16(17,4)15(19)18(6-2)7-3/h8-12H,5-7,13H2,1-4H3/t16-,17+/m0/s1. The van der Waals surface area contributed by atoms with Crippen molar-refractivity contribution in [3.8, 4) is 0 Å². The van der Waals surface area contributed by atoms with Gasteiger partial charge in [-0.15, -0.1) is 0 Å². The fourth-order valence-corrected chi connectivity index (χ4v) is 3.60. The molecule has 1 amide bonds. The summed E-state index contributed by atoms with van der Waals surface area (Å²) in [7, 11) is 0. The van der Waals surface area contributed by atoms with Crippen LogP contribution in [0.2, 0.25) is 0 Å². The van der Waals surface area contributed by atoms with Crippen molar-refractivity contribution < 1.29 is 4.79 Å². The zero-order chi connectivity index (χ0) is 14.1. The summed E-state index contributed by atoms with van der Waals surface area (Å²) in [6, 6.07) is 10.5. The van der Waals surface area contributed by atoms with E-state index in [1.807, 2.05) is 11.0 Å². The molecule has 104 valence electrons. The smallest absolute Gasteiger partial charge is 0.229 e. The molecule has 1 saturated carbocycles. The summed E-state index contributed by atoms with van der Waals surface area (Å²) in [5.74, 6) is 0.322. The summed E-state index contributed by atoms with van der Waals surface area (Å²) < 4.78 is 0. The van der Waals surface area contributed by atoms with Crippen LogP contribution in [0.1, 0.15) is 46.1 Å². The normalized spacial score (nSPS) is 29.1. The molecule has 0 unspecified atom stereocenters. The van der Waals surface area contributed by atoms with Gasteiger partial charge in [0.1, 0.15) is 0 Å². The second-order valence-electron chi connectivity index (χ2n) is 5.79. The van der Waals surface area contributed by atoms with Crippen LogP contribution >= 0.6 is 0 Å². The average molecular weight is 259 g/mol. The van der Waals surface area contributed by atoms with Crippen LogP contribution in [0.3, 0.4) is 0 Å². The first-order valence-electron chi connectivity index (χ1n) is 7.40. The first kappa shape index (κ1) is 14.1. The van der Waals surface area contributed by atoms with Gasteiger partial charge in [-0.05, 0) is 39.2 Å². The predicted molar refractivity (Wildman–Crippen MR) is 79.1 cm³/mol. The maximum atomic E-state index is 12.8. The number of nitrogens with zero attached hydrogens (tertiary/aromatic N) is 1. The SMILES string of the molecule is CCN(CC)C(=O)[C@]1(C)C[C@]1(CC)c1ccccc1. The summed E-state index contributed by atoms with van der Waals surface area (Å²) in [5, 5.41) is 0. The van der Waals surface area contributed by atoms with Crippen LogP contribution in [-0.4, -0.2) is 23.9 Å². The number of carbonyl (C=O) groups excluding carboxylic acids is 1. The summed E-state index contributed by atoms with van der Waals surface area (Å²) >= 11 is 0. The lowest BCUT2D eigenvalue weighted by molar-refractivity contribution is -0.136. The van der Waals surface area contributed by atoms with E-state index in [-0.39, 0.29) is 10.8 Å². The third kappa shape index (κ3) is 1.98. The van der Waals surface area contributed by atoms with Crippen molar-refractivity contribution in [1.82, 2.24) is 4.90 Å². The minimum atomic E-state index is -0.213. The van der Waals surface area contributed by atoms with E-state index in [2.05, 4.69) is 52.0 Å². The lowest BCUT2D eigenvalue weighted by Gasteiger charge is -2.27. The van der Waals surface area contributed by atoms with E-state index >= 15 is 0 Å². The zero-order valence-corrected chi connectivity index (χ0v) is 12.6. The van der Waals surface area contributed by atoms with Gasteiger partial charge in [-0.25, -0.2) is 0 Å². The minimum Gasteiger partial charge on any atom is -0.343 e. The average Bonchev–Trinajstić information content (AvgIpc) is 3.09. The molecule has 2 heteroatoms. The molecule has 0 radical (unpaired) electrons. The molecule has 1 aromatic carbocycles. The number of carbonyl (C=O) groups is 1. The van der Waals surface area contributed by atoms with Gasteiger partial charge in [0.05, 0.1) is 5.41 Å². The molecule has 0 spiro atoms. The maximum absolute atomic E-state index is 12.8. The van der Waals surface area contributed by atoms with Gasteiger partial charge in [0.2, 0.25) is 5.91 Å². The van der Waals surface area contributed by atoms with Crippen molar-refractivity contribution in [2.45, 2.75) is 46.0 Å². The van der Waals surface area contributed by atoms with Crippen LogP contribution < -0.4 is 0 Å². The molecule has 1 aliphatic rings. The molecule has 1 aromatic rings. The number of benzene rings is 1. The topological polar surface area (TPSA) is 20.3 Å². The molecule has 0 bridgehead atoms. The predicted octanol–water partition coefficient (Wildman–Crippen LogP) is 3.61. The summed E-state index contributed by atoms with van der Waals surface area (Å²) in [4.78, 5) is 14.7. The van der Waals surface area contributed by atoms with Gasteiger partial charge in [0, 0.05) is 18.5 Å². The lowest BCUT2D eigenvalue weighted by atomic mass is 9.84. The van der Waals surface area contributed by atoms with Crippen molar-refractivity contribution >= 4 is 5.91 Å². The van der Waals surface area contributed by atoms with Crippen molar-refractivity contribution in [2.24, 2.45) is 5.41 Å². The third-order valence-corrected chi connectivity index (χ3v) is 5.04. The highest BCUT2D eigenvalue weighted by molar-refractivity contribution is 5.88. The molecule has 0 saturated heterocycles. The Bertz CT molecular complexity index is 452. The molecule has 0 aromatic heterocycles. The van der Waals surface area contributed by atoms with E-state index < -0.39 is 0 Å². The van der Waals surface area contributed by atoms with Crippen LogP contribution in [0.5, 0.6) is 0 Å². The molecule has 19 heavy (non-hydrogen) atoms. The van der Waals surface area contributed by atoms with Gasteiger partial charge < -0.3 is 4.90 Å². The highest BCUT2D eigenvalue weighted by atomic mass is 16.2. The van der Waals surface area contributed by atoms with E-state index in [1.165, 1.54) is 5.56 Å². The first-order chi connectivity index (χ1) is 9.05. The second-order valence-corrected chi connectivity index (χ2v) is 5.79. The molecular weight excluding hydrogens is 234 g/mol. The first-order valence-corrected chi connectivity index (χ1v) is 7.40. The van der Waals surface area contributed by atoms with Crippen molar-refractivity contribution in [2.75, 3.05) is 13.1 Å². The zero-order valence-electron chi connectivity index (χ0n) is 12.6. The van der Waals surface area contributed by atoms with Gasteiger partial charge >= 0.3 is 0 Å². The second kappa shape index (κ2) is 4.99. The van der Waals surface area contributed by atoms with Gasteiger partial charge in [0.15, 0.2) is 0 Å². The number of hydrogen-bond donors (Lipinski definition) is 0. The molecule has 1 fully saturated rings. The third-order valence-electron chi connectivity index (χ3n) is 5.04. The Labute approximate surface area is 116 Å². The summed E-state index contributed by atoms with van der Waals surface area (Å²) in [6.45, 7) is 10.1. The van der Waals surface area contributed by atoms with Crippen LogP contribution in [0.4, 0.5) is 0 Å². The van der Waals surface area contributed by atoms with E-state index in [0.29, 0.717) is 5.91 Å². The Morgan fingerprint density at radius 2 is 1.74 bits per heavy atom. The number of rotatable bonds is 5. The van der Waals surface area contributed by atoms with Crippen LogP contribution in [-0.2, 0) is 10.2 Å². The fraction of sp³-hybridized carbons (Fsp3) is 0.588. The monoisotopic (exact) mass is 259 g/mol. The van der Waals surface area contributed by atoms with Crippen molar-refractivity contribution in [3.05, 3.63) is 35.9 Å². The quantitative estimate of drug-likeness (QED) is 0.791. The molecule has 0 N–H and O–H groups in total. The molecule has 1 aliphatic carbocycles. The van der Waals surface area contributed by atoms with Gasteiger partial charge in [-0.3, -0.25) is 4.79 Å². The van der Waals surface area contributed by atoms with E-state index in [1.54, 1.807) is 0 Å². The van der Waals surface area contributed by atoms with Gasteiger partial charge in [0.25, 0.3) is 0 Å². The molecular formula is C17H25NO. The Morgan fingerprint density at radius 1 is 1.16 bits per heavy atom. The molecule has 2 atom stereocenters.